The second-order valence-corrected chi connectivity index (χ2v) is 4.77. The molecule has 0 saturated carbocycles. The number of ether oxygens (including phenoxy) is 1. The Bertz CT molecular complexity index is 426. The van der Waals surface area contributed by atoms with Crippen LogP contribution in [0.2, 0.25) is 0 Å². The standard InChI is InChI=1S/C13H18N2O3/c1-9-6-15(7-10(2)18-9)8-11-4-3-5-14-12(11)13(16)17/h3-5,9-10H,6-8H2,1-2H3,(H,16,17). The van der Waals surface area contributed by atoms with Crippen LogP contribution in [0.1, 0.15) is 29.9 Å². The molecule has 1 aromatic heterocycles. The molecule has 1 N–H and O–H groups in total. The van der Waals surface area contributed by atoms with E-state index < -0.39 is 5.97 Å². The van der Waals surface area contributed by atoms with Gasteiger partial charge in [-0.2, -0.15) is 0 Å². The maximum atomic E-state index is 11.1. The van der Waals surface area contributed by atoms with Crippen LogP contribution in [0, 0.1) is 0 Å². The van der Waals surface area contributed by atoms with E-state index in [0.717, 1.165) is 18.7 Å². The van der Waals surface area contributed by atoms with E-state index in [0.29, 0.717) is 6.54 Å². The van der Waals surface area contributed by atoms with E-state index in [9.17, 15) is 4.79 Å². The number of rotatable bonds is 3. The lowest BCUT2D eigenvalue weighted by molar-refractivity contribution is -0.0705. The van der Waals surface area contributed by atoms with Crippen molar-refractivity contribution in [2.45, 2.75) is 32.6 Å². The molecule has 0 aliphatic carbocycles. The fraction of sp³-hybridized carbons (Fsp3) is 0.538. The summed E-state index contributed by atoms with van der Waals surface area (Å²) in [5.41, 5.74) is 0.899. The number of aromatic carboxylic acids is 1. The number of carboxylic acids is 1. The van der Waals surface area contributed by atoms with Gasteiger partial charge in [-0.05, 0) is 25.5 Å². The van der Waals surface area contributed by atoms with Crippen molar-refractivity contribution >= 4 is 5.97 Å². The molecule has 98 valence electrons. The molecule has 2 atom stereocenters. The van der Waals surface area contributed by atoms with Gasteiger partial charge in [0.25, 0.3) is 0 Å². The molecule has 1 fully saturated rings. The molecule has 5 nitrogen and oxygen atoms in total. The Hall–Kier alpha value is -1.46. The highest BCUT2D eigenvalue weighted by Crippen LogP contribution is 2.15. The van der Waals surface area contributed by atoms with E-state index in [4.69, 9.17) is 9.84 Å². The Labute approximate surface area is 106 Å². The van der Waals surface area contributed by atoms with E-state index in [-0.39, 0.29) is 17.9 Å². The molecular formula is C13H18N2O3. The van der Waals surface area contributed by atoms with Crippen LogP contribution in [0.3, 0.4) is 0 Å². The molecule has 1 aliphatic heterocycles. The van der Waals surface area contributed by atoms with Crippen molar-refractivity contribution in [1.29, 1.82) is 0 Å². The molecule has 1 saturated heterocycles. The molecule has 1 aromatic rings. The van der Waals surface area contributed by atoms with Gasteiger partial charge >= 0.3 is 5.97 Å². The summed E-state index contributed by atoms with van der Waals surface area (Å²) in [6, 6.07) is 3.59. The van der Waals surface area contributed by atoms with Gasteiger partial charge in [0, 0.05) is 25.8 Å². The Balaban J connectivity index is 2.11. The van der Waals surface area contributed by atoms with Gasteiger partial charge in [0.1, 0.15) is 0 Å². The first kappa shape index (κ1) is 13.0. The minimum Gasteiger partial charge on any atom is -0.477 e. The molecular weight excluding hydrogens is 232 g/mol. The van der Waals surface area contributed by atoms with Crippen molar-refractivity contribution in [2.75, 3.05) is 13.1 Å². The van der Waals surface area contributed by atoms with Gasteiger partial charge in [-0.1, -0.05) is 6.07 Å². The first-order valence-electron chi connectivity index (χ1n) is 6.11. The third-order valence-corrected chi connectivity index (χ3v) is 2.98. The Morgan fingerprint density at radius 1 is 1.50 bits per heavy atom. The normalized spacial score (nSPS) is 25.0. The molecule has 5 heteroatoms. The third kappa shape index (κ3) is 3.05. The van der Waals surface area contributed by atoms with Gasteiger partial charge in [0.05, 0.1) is 12.2 Å². The molecule has 2 heterocycles. The zero-order chi connectivity index (χ0) is 13.1. The predicted octanol–water partition coefficient (Wildman–Crippen LogP) is 1.39. The fourth-order valence-corrected chi connectivity index (χ4v) is 2.41. The largest absolute Gasteiger partial charge is 0.477 e. The molecule has 0 amide bonds. The van der Waals surface area contributed by atoms with Crippen LogP contribution in [0.5, 0.6) is 0 Å². The van der Waals surface area contributed by atoms with Gasteiger partial charge in [0.2, 0.25) is 0 Å². The van der Waals surface area contributed by atoms with Crippen LogP contribution in [0.25, 0.3) is 0 Å². The van der Waals surface area contributed by atoms with Crippen molar-refractivity contribution in [3.63, 3.8) is 0 Å². The number of hydrogen-bond acceptors (Lipinski definition) is 4. The third-order valence-electron chi connectivity index (χ3n) is 2.98. The molecule has 0 aromatic carbocycles. The van der Waals surface area contributed by atoms with Crippen molar-refractivity contribution in [3.05, 3.63) is 29.6 Å². The number of carboxylic acid groups (broad SMARTS) is 1. The molecule has 2 unspecified atom stereocenters. The Morgan fingerprint density at radius 3 is 2.78 bits per heavy atom. The van der Waals surface area contributed by atoms with Crippen LogP contribution < -0.4 is 0 Å². The Kier molecular flexibility index (Phi) is 3.93. The molecule has 2 rings (SSSR count). The van der Waals surface area contributed by atoms with Gasteiger partial charge in [-0.15, -0.1) is 0 Å². The number of aromatic nitrogens is 1. The summed E-state index contributed by atoms with van der Waals surface area (Å²) >= 11 is 0. The Morgan fingerprint density at radius 2 is 2.17 bits per heavy atom. The van der Waals surface area contributed by atoms with Crippen LogP contribution in [0.15, 0.2) is 18.3 Å². The predicted molar refractivity (Wildman–Crippen MR) is 66.5 cm³/mol. The maximum absolute atomic E-state index is 11.1. The summed E-state index contributed by atoms with van der Waals surface area (Å²) in [5.74, 6) is -0.972. The van der Waals surface area contributed by atoms with Crippen molar-refractivity contribution < 1.29 is 14.6 Å². The van der Waals surface area contributed by atoms with Crippen LogP contribution >= 0.6 is 0 Å². The van der Waals surface area contributed by atoms with E-state index in [1.54, 1.807) is 6.07 Å². The topological polar surface area (TPSA) is 62.7 Å². The van der Waals surface area contributed by atoms with Crippen molar-refractivity contribution in [2.24, 2.45) is 0 Å². The summed E-state index contributed by atoms with van der Waals surface area (Å²) in [4.78, 5) is 17.2. The van der Waals surface area contributed by atoms with Gasteiger partial charge in [-0.25, -0.2) is 9.78 Å². The highest BCUT2D eigenvalue weighted by molar-refractivity contribution is 5.86. The quantitative estimate of drug-likeness (QED) is 0.878. The van der Waals surface area contributed by atoms with Crippen LogP contribution in [-0.4, -0.2) is 46.3 Å². The smallest absolute Gasteiger partial charge is 0.354 e. The van der Waals surface area contributed by atoms with Crippen molar-refractivity contribution in [3.8, 4) is 0 Å². The number of morpholine rings is 1. The number of carbonyl (C=O) groups is 1. The number of nitrogens with zero attached hydrogens (tertiary/aromatic N) is 2. The minimum atomic E-state index is -0.972. The molecule has 18 heavy (non-hydrogen) atoms. The van der Waals surface area contributed by atoms with Gasteiger partial charge in [0.15, 0.2) is 5.69 Å². The van der Waals surface area contributed by atoms with Crippen molar-refractivity contribution in [1.82, 2.24) is 9.88 Å². The summed E-state index contributed by atoms with van der Waals surface area (Å²) in [6.45, 7) is 6.30. The first-order valence-corrected chi connectivity index (χ1v) is 6.11. The molecule has 0 spiro atoms. The second kappa shape index (κ2) is 5.46. The molecule has 0 bridgehead atoms. The van der Waals surface area contributed by atoms with Gasteiger partial charge in [-0.3, -0.25) is 4.90 Å². The highest BCUT2D eigenvalue weighted by atomic mass is 16.5. The summed E-state index contributed by atoms with van der Waals surface area (Å²) in [5, 5.41) is 9.09. The lowest BCUT2D eigenvalue weighted by Crippen LogP contribution is -2.45. The summed E-state index contributed by atoms with van der Waals surface area (Å²) in [6.07, 6.45) is 1.87. The zero-order valence-electron chi connectivity index (χ0n) is 10.7. The fourth-order valence-electron chi connectivity index (χ4n) is 2.41. The molecule has 1 aliphatic rings. The average molecular weight is 250 g/mol. The number of hydrogen-bond donors (Lipinski definition) is 1. The lowest BCUT2D eigenvalue weighted by atomic mass is 10.1. The SMILES string of the molecule is CC1CN(Cc2cccnc2C(=O)O)CC(C)O1. The van der Waals surface area contributed by atoms with E-state index in [1.165, 1.54) is 6.20 Å². The van der Waals surface area contributed by atoms with Crippen LogP contribution in [-0.2, 0) is 11.3 Å². The van der Waals surface area contributed by atoms with Crippen LogP contribution in [0.4, 0.5) is 0 Å². The maximum Gasteiger partial charge on any atom is 0.354 e. The minimum absolute atomic E-state index is 0.143. The zero-order valence-corrected chi connectivity index (χ0v) is 10.7. The highest BCUT2D eigenvalue weighted by Gasteiger charge is 2.23. The van der Waals surface area contributed by atoms with E-state index >= 15 is 0 Å². The second-order valence-electron chi connectivity index (χ2n) is 4.77. The monoisotopic (exact) mass is 250 g/mol. The number of pyridine rings is 1. The summed E-state index contributed by atoms with van der Waals surface area (Å²) < 4.78 is 5.66. The molecule has 0 radical (unpaired) electrons. The lowest BCUT2D eigenvalue weighted by Gasteiger charge is -2.35. The van der Waals surface area contributed by atoms with E-state index in [2.05, 4.69) is 9.88 Å². The first-order chi connectivity index (χ1) is 8.56. The van der Waals surface area contributed by atoms with E-state index in [1.807, 2.05) is 19.9 Å². The summed E-state index contributed by atoms with van der Waals surface area (Å²) in [7, 11) is 0. The van der Waals surface area contributed by atoms with Gasteiger partial charge < -0.3 is 9.84 Å². The average Bonchev–Trinajstić information content (AvgIpc) is 2.27.